The largest absolute Gasteiger partial charge is 0.482 e. The van der Waals surface area contributed by atoms with Crippen LogP contribution in [0.25, 0.3) is 0 Å². The normalized spacial score (nSPS) is 14.4. The average Bonchev–Trinajstić information content (AvgIpc) is 2.29. The van der Waals surface area contributed by atoms with Crippen LogP contribution in [0, 0.1) is 5.41 Å². The van der Waals surface area contributed by atoms with Gasteiger partial charge in [0, 0.05) is 0 Å². The van der Waals surface area contributed by atoms with Gasteiger partial charge in [0.1, 0.15) is 5.75 Å². The van der Waals surface area contributed by atoms with Crippen molar-refractivity contribution >= 4 is 17.6 Å². The van der Waals surface area contributed by atoms with Crippen molar-refractivity contribution in [3.05, 3.63) is 23.8 Å². The Labute approximate surface area is 105 Å². The summed E-state index contributed by atoms with van der Waals surface area (Å²) in [7, 11) is 0. The molecule has 0 saturated heterocycles. The third-order valence-electron chi connectivity index (χ3n) is 2.95. The lowest BCUT2D eigenvalue weighted by molar-refractivity contribution is -0.146. The molecule has 1 aliphatic rings. The van der Waals surface area contributed by atoms with Crippen LogP contribution in [0.3, 0.4) is 0 Å². The molecule has 2 rings (SSSR count). The Morgan fingerprint density at radius 2 is 2.22 bits per heavy atom. The second-order valence-electron chi connectivity index (χ2n) is 4.99. The van der Waals surface area contributed by atoms with Crippen molar-refractivity contribution < 1.29 is 19.4 Å². The molecular formula is C13H15NO4. The summed E-state index contributed by atoms with van der Waals surface area (Å²) < 4.78 is 5.29. The van der Waals surface area contributed by atoms with Crippen molar-refractivity contribution in [2.24, 2.45) is 5.41 Å². The Kier molecular flexibility index (Phi) is 2.98. The Bertz CT molecular complexity index is 508. The summed E-state index contributed by atoms with van der Waals surface area (Å²) in [4.78, 5) is 22.5. The monoisotopic (exact) mass is 249 g/mol. The zero-order valence-electron chi connectivity index (χ0n) is 10.3. The Hall–Kier alpha value is -2.04. The van der Waals surface area contributed by atoms with E-state index in [-0.39, 0.29) is 12.5 Å². The topological polar surface area (TPSA) is 75.6 Å². The maximum absolute atomic E-state index is 11.3. The van der Waals surface area contributed by atoms with Crippen molar-refractivity contribution in [2.75, 3.05) is 11.9 Å². The summed E-state index contributed by atoms with van der Waals surface area (Å²) in [6, 6.07) is 5.36. The number of nitrogens with one attached hydrogen (secondary N) is 1. The van der Waals surface area contributed by atoms with Crippen LogP contribution in [0.5, 0.6) is 5.75 Å². The second kappa shape index (κ2) is 4.33. The minimum atomic E-state index is -0.892. The third-order valence-corrected chi connectivity index (χ3v) is 2.95. The van der Waals surface area contributed by atoms with E-state index in [1.807, 2.05) is 0 Å². The molecule has 0 aromatic heterocycles. The first kappa shape index (κ1) is 12.4. The number of fused-ring (bicyclic) bond motifs is 1. The predicted octanol–water partition coefficient (Wildman–Crippen LogP) is 1.67. The molecule has 5 nitrogen and oxygen atoms in total. The van der Waals surface area contributed by atoms with Gasteiger partial charge >= 0.3 is 5.97 Å². The number of ether oxygens (including phenoxy) is 1. The van der Waals surface area contributed by atoms with Gasteiger partial charge in [-0.2, -0.15) is 0 Å². The molecule has 0 saturated carbocycles. The van der Waals surface area contributed by atoms with Gasteiger partial charge in [-0.05, 0) is 31.9 Å². The lowest BCUT2D eigenvalue weighted by atomic mass is 9.85. The minimum Gasteiger partial charge on any atom is -0.482 e. The number of carboxylic acids is 1. The van der Waals surface area contributed by atoms with Gasteiger partial charge in [0.25, 0.3) is 5.91 Å². The molecule has 0 atom stereocenters. The van der Waals surface area contributed by atoms with Gasteiger partial charge in [-0.25, -0.2) is 0 Å². The molecule has 0 aliphatic carbocycles. The van der Waals surface area contributed by atoms with Crippen LogP contribution < -0.4 is 10.1 Å². The van der Waals surface area contributed by atoms with E-state index >= 15 is 0 Å². The van der Waals surface area contributed by atoms with Gasteiger partial charge in [-0.15, -0.1) is 0 Å². The molecule has 96 valence electrons. The van der Waals surface area contributed by atoms with E-state index in [0.717, 1.165) is 5.56 Å². The van der Waals surface area contributed by atoms with Gasteiger partial charge in [0.05, 0.1) is 11.1 Å². The van der Waals surface area contributed by atoms with Crippen LogP contribution in [-0.4, -0.2) is 23.6 Å². The molecule has 1 aromatic rings. The highest BCUT2D eigenvalue weighted by Gasteiger charge is 2.30. The number of hydrogen-bond donors (Lipinski definition) is 2. The molecule has 1 amide bonds. The third kappa shape index (κ3) is 2.30. The summed E-state index contributed by atoms with van der Waals surface area (Å²) in [5.41, 5.74) is 0.466. The van der Waals surface area contributed by atoms with Crippen molar-refractivity contribution in [1.82, 2.24) is 0 Å². The smallest absolute Gasteiger partial charge is 0.309 e. The first-order chi connectivity index (χ1) is 8.40. The van der Waals surface area contributed by atoms with Gasteiger partial charge in [-0.1, -0.05) is 12.1 Å². The van der Waals surface area contributed by atoms with E-state index in [4.69, 9.17) is 9.84 Å². The molecule has 18 heavy (non-hydrogen) atoms. The highest BCUT2D eigenvalue weighted by molar-refractivity contribution is 5.96. The van der Waals surface area contributed by atoms with E-state index in [1.54, 1.807) is 32.0 Å². The maximum Gasteiger partial charge on any atom is 0.309 e. The van der Waals surface area contributed by atoms with Crippen LogP contribution in [-0.2, 0) is 16.0 Å². The maximum atomic E-state index is 11.3. The number of carbonyl (C=O) groups excluding carboxylic acids is 1. The fourth-order valence-electron chi connectivity index (χ4n) is 1.86. The van der Waals surface area contributed by atoms with E-state index in [0.29, 0.717) is 17.9 Å². The van der Waals surface area contributed by atoms with Crippen LogP contribution in [0.2, 0.25) is 0 Å². The van der Waals surface area contributed by atoms with Crippen LogP contribution in [0.15, 0.2) is 18.2 Å². The van der Waals surface area contributed by atoms with Gasteiger partial charge in [0.15, 0.2) is 6.61 Å². The SMILES string of the molecule is CC(C)(Cc1cccc2c1NC(=O)CO2)C(=O)O. The quantitative estimate of drug-likeness (QED) is 0.854. The number of benzene rings is 1. The summed E-state index contributed by atoms with van der Waals surface area (Å²) in [5.74, 6) is -0.500. The molecule has 1 aromatic carbocycles. The molecule has 2 N–H and O–H groups in total. The number of carboxylic acid groups (broad SMARTS) is 1. The van der Waals surface area contributed by atoms with Crippen molar-refractivity contribution in [1.29, 1.82) is 0 Å². The van der Waals surface area contributed by atoms with Gasteiger partial charge in [-0.3, -0.25) is 9.59 Å². The fourth-order valence-corrected chi connectivity index (χ4v) is 1.86. The highest BCUT2D eigenvalue weighted by atomic mass is 16.5. The van der Waals surface area contributed by atoms with E-state index in [1.165, 1.54) is 0 Å². The van der Waals surface area contributed by atoms with Crippen LogP contribution >= 0.6 is 0 Å². The van der Waals surface area contributed by atoms with Crippen LogP contribution in [0.1, 0.15) is 19.4 Å². The fraction of sp³-hybridized carbons (Fsp3) is 0.385. The molecule has 5 heteroatoms. The zero-order valence-corrected chi connectivity index (χ0v) is 10.3. The standard InChI is InChI=1S/C13H15NO4/c1-13(2,12(16)17)6-8-4-3-5-9-11(8)14-10(15)7-18-9/h3-5H,6-7H2,1-2H3,(H,14,15)(H,16,17). The lowest BCUT2D eigenvalue weighted by Gasteiger charge is -2.24. The minimum absolute atomic E-state index is 0.00121. The van der Waals surface area contributed by atoms with Crippen molar-refractivity contribution in [3.63, 3.8) is 0 Å². The number of hydrogen-bond acceptors (Lipinski definition) is 3. The number of carbonyl (C=O) groups is 2. The molecule has 0 bridgehead atoms. The van der Waals surface area contributed by atoms with Crippen molar-refractivity contribution in [2.45, 2.75) is 20.3 Å². The summed E-state index contributed by atoms with van der Waals surface area (Å²) in [5, 5.41) is 11.9. The lowest BCUT2D eigenvalue weighted by Crippen LogP contribution is -2.29. The molecule has 0 fully saturated rings. The van der Waals surface area contributed by atoms with Crippen molar-refractivity contribution in [3.8, 4) is 5.75 Å². The van der Waals surface area contributed by atoms with Gasteiger partial charge in [0.2, 0.25) is 0 Å². The molecule has 0 radical (unpaired) electrons. The van der Waals surface area contributed by atoms with E-state index < -0.39 is 11.4 Å². The number of para-hydroxylation sites is 1. The molecule has 1 aliphatic heterocycles. The summed E-state index contributed by atoms with van der Waals surface area (Å²) in [6.45, 7) is 3.30. The van der Waals surface area contributed by atoms with Gasteiger partial charge < -0.3 is 15.2 Å². The summed E-state index contributed by atoms with van der Waals surface area (Å²) >= 11 is 0. The number of amides is 1. The molecule has 0 spiro atoms. The molecule has 1 heterocycles. The Balaban J connectivity index is 2.35. The molecule has 0 unspecified atom stereocenters. The number of aliphatic carboxylic acids is 1. The first-order valence-electron chi connectivity index (χ1n) is 5.68. The summed E-state index contributed by atoms with van der Waals surface area (Å²) in [6.07, 6.45) is 0.329. The molecular weight excluding hydrogens is 234 g/mol. The van der Waals surface area contributed by atoms with E-state index in [2.05, 4.69) is 5.32 Å². The highest BCUT2D eigenvalue weighted by Crippen LogP contribution is 2.35. The number of rotatable bonds is 3. The Morgan fingerprint density at radius 1 is 1.50 bits per heavy atom. The second-order valence-corrected chi connectivity index (χ2v) is 4.99. The van der Waals surface area contributed by atoms with Crippen LogP contribution in [0.4, 0.5) is 5.69 Å². The van der Waals surface area contributed by atoms with E-state index in [9.17, 15) is 9.59 Å². The average molecular weight is 249 g/mol. The first-order valence-corrected chi connectivity index (χ1v) is 5.68. The zero-order chi connectivity index (χ0) is 13.3. The number of anilines is 1. The Morgan fingerprint density at radius 3 is 2.89 bits per heavy atom. The predicted molar refractivity (Wildman–Crippen MR) is 65.7 cm³/mol.